The van der Waals surface area contributed by atoms with E-state index < -0.39 is 0 Å². The van der Waals surface area contributed by atoms with Crippen LogP contribution in [0.2, 0.25) is 0 Å². The summed E-state index contributed by atoms with van der Waals surface area (Å²) in [4.78, 5) is 6.86. The number of morpholine rings is 1. The van der Waals surface area contributed by atoms with Crippen molar-refractivity contribution in [3.8, 4) is 5.75 Å². The molecule has 1 unspecified atom stereocenters. The lowest BCUT2D eigenvalue weighted by atomic mass is 10.1. The van der Waals surface area contributed by atoms with E-state index in [4.69, 9.17) is 9.47 Å². The van der Waals surface area contributed by atoms with Crippen molar-refractivity contribution in [2.24, 2.45) is 0 Å². The summed E-state index contributed by atoms with van der Waals surface area (Å²) in [5.74, 6) is 0.782. The Morgan fingerprint density at radius 2 is 2.33 bits per heavy atom. The molecule has 21 heavy (non-hydrogen) atoms. The number of ether oxygens (including phenoxy) is 2. The minimum absolute atomic E-state index is 0.0435. The van der Waals surface area contributed by atoms with Crippen molar-refractivity contribution in [3.63, 3.8) is 0 Å². The van der Waals surface area contributed by atoms with E-state index in [0.717, 1.165) is 34.6 Å². The quantitative estimate of drug-likeness (QED) is 0.932. The Morgan fingerprint density at radius 3 is 3.10 bits per heavy atom. The maximum Gasteiger partial charge on any atom is 0.145 e. The molecule has 2 heterocycles. The maximum atomic E-state index is 9.32. The van der Waals surface area contributed by atoms with E-state index in [1.165, 1.54) is 0 Å². The van der Waals surface area contributed by atoms with Gasteiger partial charge in [-0.2, -0.15) is 0 Å². The van der Waals surface area contributed by atoms with E-state index in [0.29, 0.717) is 13.2 Å². The van der Waals surface area contributed by atoms with Crippen LogP contribution in [0.15, 0.2) is 24.3 Å². The van der Waals surface area contributed by atoms with E-state index in [1.54, 1.807) is 7.11 Å². The van der Waals surface area contributed by atoms with Gasteiger partial charge in [0.15, 0.2) is 0 Å². The number of aromatic nitrogens is 1. The summed E-state index contributed by atoms with van der Waals surface area (Å²) >= 11 is 0. The topological polar surface area (TPSA) is 54.8 Å². The van der Waals surface area contributed by atoms with Gasteiger partial charge in [0.1, 0.15) is 11.3 Å². The Kier molecular flexibility index (Phi) is 3.94. The number of para-hydroxylation sites is 1. The van der Waals surface area contributed by atoms with Crippen molar-refractivity contribution in [3.05, 3.63) is 30.0 Å². The molecule has 5 heteroatoms. The number of aliphatic hydroxyl groups excluding tert-OH is 1. The first kappa shape index (κ1) is 14.1. The highest BCUT2D eigenvalue weighted by Crippen LogP contribution is 2.32. The van der Waals surface area contributed by atoms with Crippen molar-refractivity contribution in [1.82, 2.24) is 4.98 Å². The van der Waals surface area contributed by atoms with Crippen LogP contribution in [0.25, 0.3) is 10.9 Å². The Hall–Kier alpha value is -1.85. The first-order valence-electron chi connectivity index (χ1n) is 7.14. The minimum atomic E-state index is -0.132. The summed E-state index contributed by atoms with van der Waals surface area (Å²) in [6.45, 7) is 4.15. The smallest absolute Gasteiger partial charge is 0.145 e. The molecule has 1 saturated heterocycles. The van der Waals surface area contributed by atoms with E-state index in [-0.39, 0.29) is 12.7 Å². The van der Waals surface area contributed by atoms with Crippen LogP contribution < -0.4 is 9.64 Å². The van der Waals surface area contributed by atoms with Crippen LogP contribution in [-0.4, -0.2) is 49.6 Å². The number of hydrogen-bond acceptors (Lipinski definition) is 5. The summed E-state index contributed by atoms with van der Waals surface area (Å²) in [6.07, 6.45) is -0.132. The molecule has 2 aromatic rings. The molecule has 3 rings (SSSR count). The van der Waals surface area contributed by atoms with Crippen molar-refractivity contribution in [2.75, 3.05) is 38.3 Å². The average Bonchev–Trinajstić information content (AvgIpc) is 2.53. The molecule has 0 amide bonds. The third kappa shape index (κ3) is 2.66. The number of benzene rings is 1. The van der Waals surface area contributed by atoms with Crippen LogP contribution in [0, 0.1) is 6.92 Å². The second kappa shape index (κ2) is 5.87. The number of nitrogens with zero attached hydrogens (tertiary/aromatic N) is 2. The first-order chi connectivity index (χ1) is 10.2. The Morgan fingerprint density at radius 1 is 1.48 bits per heavy atom. The molecule has 112 valence electrons. The van der Waals surface area contributed by atoms with Gasteiger partial charge in [-0.05, 0) is 19.1 Å². The van der Waals surface area contributed by atoms with Gasteiger partial charge in [-0.1, -0.05) is 12.1 Å². The van der Waals surface area contributed by atoms with Crippen LogP contribution in [0.4, 0.5) is 5.69 Å². The van der Waals surface area contributed by atoms with Gasteiger partial charge in [0.2, 0.25) is 0 Å². The number of fused-ring (bicyclic) bond motifs is 1. The number of pyridine rings is 1. The van der Waals surface area contributed by atoms with Crippen molar-refractivity contribution in [2.45, 2.75) is 13.0 Å². The number of aryl methyl sites for hydroxylation is 1. The van der Waals surface area contributed by atoms with Gasteiger partial charge in [0.05, 0.1) is 26.4 Å². The molecule has 0 aliphatic carbocycles. The van der Waals surface area contributed by atoms with Crippen LogP contribution in [0.3, 0.4) is 0 Å². The lowest BCUT2D eigenvalue weighted by Crippen LogP contribution is -2.44. The summed E-state index contributed by atoms with van der Waals surface area (Å²) in [5.41, 5.74) is 2.95. The highest BCUT2D eigenvalue weighted by atomic mass is 16.5. The summed E-state index contributed by atoms with van der Waals surface area (Å²) in [7, 11) is 1.66. The third-order valence-electron chi connectivity index (χ3n) is 3.81. The molecule has 1 aromatic heterocycles. The number of rotatable bonds is 3. The highest BCUT2D eigenvalue weighted by molar-refractivity contribution is 5.95. The summed E-state index contributed by atoms with van der Waals surface area (Å²) < 4.78 is 11.0. The Labute approximate surface area is 124 Å². The third-order valence-corrected chi connectivity index (χ3v) is 3.81. The van der Waals surface area contributed by atoms with Crippen LogP contribution in [-0.2, 0) is 4.74 Å². The van der Waals surface area contributed by atoms with E-state index >= 15 is 0 Å². The van der Waals surface area contributed by atoms with Gasteiger partial charge in [-0.25, -0.2) is 4.98 Å². The molecule has 1 aliphatic rings. The fourth-order valence-corrected chi connectivity index (χ4v) is 2.80. The molecule has 1 N–H and O–H groups in total. The molecule has 1 aliphatic heterocycles. The molecule has 0 radical (unpaired) electrons. The van der Waals surface area contributed by atoms with Crippen LogP contribution in [0.1, 0.15) is 5.69 Å². The zero-order chi connectivity index (χ0) is 14.8. The fraction of sp³-hybridized carbons (Fsp3) is 0.438. The maximum absolute atomic E-state index is 9.32. The van der Waals surface area contributed by atoms with Crippen LogP contribution >= 0.6 is 0 Å². The molecule has 1 atom stereocenters. The number of aliphatic hydroxyl groups is 1. The first-order valence-corrected chi connectivity index (χ1v) is 7.14. The average molecular weight is 288 g/mol. The number of hydrogen-bond donors (Lipinski definition) is 1. The normalized spacial score (nSPS) is 19.0. The van der Waals surface area contributed by atoms with Crippen molar-refractivity contribution >= 4 is 16.6 Å². The van der Waals surface area contributed by atoms with Gasteiger partial charge in [0, 0.05) is 29.9 Å². The molecule has 0 saturated carbocycles. The fourth-order valence-electron chi connectivity index (χ4n) is 2.80. The predicted octanol–water partition coefficient (Wildman–Crippen LogP) is 1.75. The second-order valence-corrected chi connectivity index (χ2v) is 5.26. The lowest BCUT2D eigenvalue weighted by molar-refractivity contribution is 0.00363. The molecular weight excluding hydrogens is 268 g/mol. The molecule has 1 fully saturated rings. The summed E-state index contributed by atoms with van der Waals surface area (Å²) in [5, 5.41) is 10.4. The molecule has 5 nitrogen and oxygen atoms in total. The van der Waals surface area contributed by atoms with Crippen molar-refractivity contribution in [1.29, 1.82) is 0 Å². The van der Waals surface area contributed by atoms with Crippen LogP contribution in [0.5, 0.6) is 5.75 Å². The molecule has 0 spiro atoms. The molecule has 0 bridgehead atoms. The number of methoxy groups -OCH3 is 1. The van der Waals surface area contributed by atoms with Gasteiger partial charge in [-0.15, -0.1) is 0 Å². The monoisotopic (exact) mass is 288 g/mol. The van der Waals surface area contributed by atoms with Crippen molar-refractivity contribution < 1.29 is 14.6 Å². The zero-order valence-electron chi connectivity index (χ0n) is 12.4. The molecule has 1 aromatic carbocycles. The second-order valence-electron chi connectivity index (χ2n) is 5.26. The van der Waals surface area contributed by atoms with Gasteiger partial charge >= 0.3 is 0 Å². The van der Waals surface area contributed by atoms with Gasteiger partial charge < -0.3 is 19.5 Å². The molecular formula is C16H20N2O3. The predicted molar refractivity (Wildman–Crippen MR) is 82.1 cm³/mol. The van der Waals surface area contributed by atoms with E-state index in [2.05, 4.69) is 22.0 Å². The zero-order valence-corrected chi connectivity index (χ0v) is 12.4. The summed E-state index contributed by atoms with van der Waals surface area (Å²) in [6, 6.07) is 8.05. The Balaban J connectivity index is 2.09. The standard InChI is InChI=1S/C16H20N2O3/c1-11-8-14(18-6-7-21-12(9-18)10-19)13-4-3-5-15(20-2)16(13)17-11/h3-5,8,12,19H,6-7,9-10H2,1-2H3. The van der Waals surface area contributed by atoms with E-state index in [9.17, 15) is 5.11 Å². The number of anilines is 1. The Bertz CT molecular complexity index is 645. The highest BCUT2D eigenvalue weighted by Gasteiger charge is 2.22. The SMILES string of the molecule is COc1cccc2c(N3CCOC(CO)C3)cc(C)nc12. The lowest BCUT2D eigenvalue weighted by Gasteiger charge is -2.34. The van der Waals surface area contributed by atoms with Gasteiger partial charge in [-0.3, -0.25) is 0 Å². The largest absolute Gasteiger partial charge is 0.494 e. The minimum Gasteiger partial charge on any atom is -0.494 e. The van der Waals surface area contributed by atoms with E-state index in [1.807, 2.05) is 19.1 Å². The van der Waals surface area contributed by atoms with Gasteiger partial charge in [0.25, 0.3) is 0 Å².